The normalized spacial score (nSPS) is 25.0. The van der Waals surface area contributed by atoms with E-state index in [0.717, 1.165) is 0 Å². The van der Waals surface area contributed by atoms with E-state index in [1.807, 2.05) is 0 Å². The zero-order valence-electron chi connectivity index (χ0n) is 9.59. The molecule has 17 N–H and O–H groups in total. The van der Waals surface area contributed by atoms with Gasteiger partial charge in [-0.2, -0.15) is 0 Å². The Morgan fingerprint density at radius 2 is 1.00 bits per heavy atom. The third kappa shape index (κ3) is 2.84. The minimum Gasteiger partial charge on any atom is -0.368 e. The van der Waals surface area contributed by atoms with Crippen LogP contribution in [0, 0.1) is 0 Å². The van der Waals surface area contributed by atoms with Crippen LogP contribution in [0.3, 0.4) is 0 Å². The summed E-state index contributed by atoms with van der Waals surface area (Å²) in [5.41, 5.74) is 15.3. The van der Waals surface area contributed by atoms with Crippen LogP contribution in [0.1, 0.15) is 0 Å². The van der Waals surface area contributed by atoms with Crippen molar-refractivity contribution in [2.24, 2.45) is 34.4 Å². The number of nitrogens with two attached hydrogens (primary N) is 6. The maximum Gasteiger partial charge on any atom is 0.218 e. The van der Waals surface area contributed by atoms with E-state index in [9.17, 15) is 25.2 Å². The van der Waals surface area contributed by atoms with Crippen molar-refractivity contribution in [1.82, 2.24) is 0 Å². The average molecular weight is 307 g/mol. The molecule has 0 saturated carbocycles. The second-order valence-electron chi connectivity index (χ2n) is 4.07. The fourth-order valence-corrected chi connectivity index (χ4v) is 0.991. The number of carbonyl (C=O) groups excluding carboxylic acids is 1. The van der Waals surface area contributed by atoms with Gasteiger partial charge in [0.15, 0.2) is 6.29 Å². The second-order valence-corrected chi connectivity index (χ2v) is 4.07. The highest BCUT2D eigenvalue weighted by Gasteiger charge is 2.69. The molecule has 0 unspecified atom stereocenters. The van der Waals surface area contributed by atoms with Gasteiger partial charge < -0.3 is 25.5 Å². The van der Waals surface area contributed by atoms with Gasteiger partial charge in [-0.3, -0.25) is 39.2 Å². The van der Waals surface area contributed by atoms with Gasteiger partial charge in [-0.05, 0) is 0 Å². The topological polar surface area (TPSA) is 274 Å². The molecule has 0 radical (unpaired) electrons. The standard InChI is InChI=1S/C6H18N6O6.ClH/c7-2(14,1-13)3(8,15)4(9,16)5(10,17)6(11,12)18;/h1,14-18H,7-12H2;1H/t2-,3+,4-,5-;/m0./s1. The molecule has 0 aromatic rings. The Morgan fingerprint density at radius 1 is 0.684 bits per heavy atom. The van der Waals surface area contributed by atoms with E-state index in [4.69, 9.17) is 39.5 Å². The molecular weight excluding hydrogens is 288 g/mol. The monoisotopic (exact) mass is 306 g/mol. The molecule has 116 valence electrons. The minimum atomic E-state index is -3.68. The lowest BCUT2D eigenvalue weighted by atomic mass is 9.81. The van der Waals surface area contributed by atoms with Crippen molar-refractivity contribution < 1.29 is 30.3 Å². The van der Waals surface area contributed by atoms with Crippen molar-refractivity contribution in [3.63, 3.8) is 0 Å². The molecule has 0 saturated heterocycles. The van der Waals surface area contributed by atoms with Crippen molar-refractivity contribution in [3.8, 4) is 0 Å². The number of aliphatic hydroxyl groups is 5. The van der Waals surface area contributed by atoms with Gasteiger partial charge in [-0.15, -0.1) is 12.4 Å². The highest BCUT2D eigenvalue weighted by atomic mass is 35.5. The summed E-state index contributed by atoms with van der Waals surface area (Å²) in [4.78, 5) is 10.5. The Kier molecular flexibility index (Phi) is 5.63. The van der Waals surface area contributed by atoms with Gasteiger partial charge in [0.05, 0.1) is 0 Å². The van der Waals surface area contributed by atoms with Crippen molar-refractivity contribution in [2.75, 3.05) is 0 Å². The van der Waals surface area contributed by atoms with Gasteiger partial charge >= 0.3 is 0 Å². The second kappa shape index (κ2) is 5.13. The summed E-state index contributed by atoms with van der Waals surface area (Å²) < 4.78 is 0. The zero-order chi connectivity index (χ0) is 15.2. The predicted octanol–water partition coefficient (Wildman–Crippen LogP) is -7.24. The molecule has 0 aliphatic carbocycles. The number of hydrogen-bond acceptors (Lipinski definition) is 12. The summed E-state index contributed by atoms with van der Waals surface area (Å²) >= 11 is 0. The van der Waals surface area contributed by atoms with Crippen molar-refractivity contribution >= 4 is 18.7 Å². The van der Waals surface area contributed by atoms with Crippen molar-refractivity contribution in [1.29, 1.82) is 0 Å². The zero-order valence-corrected chi connectivity index (χ0v) is 10.4. The first-order chi connectivity index (χ1) is 7.56. The highest BCUT2D eigenvalue weighted by Crippen LogP contribution is 2.30. The van der Waals surface area contributed by atoms with E-state index >= 15 is 0 Å². The van der Waals surface area contributed by atoms with Crippen LogP contribution >= 0.6 is 12.4 Å². The summed E-state index contributed by atoms with van der Waals surface area (Å²) in [5, 5.41) is 47.3. The van der Waals surface area contributed by atoms with Crippen LogP contribution in [0.4, 0.5) is 0 Å². The van der Waals surface area contributed by atoms with Crippen LogP contribution in [0.15, 0.2) is 0 Å². The van der Waals surface area contributed by atoms with Crippen LogP contribution in [0.5, 0.6) is 0 Å². The van der Waals surface area contributed by atoms with E-state index in [1.165, 1.54) is 0 Å². The Hall–Kier alpha value is -0.480. The summed E-state index contributed by atoms with van der Waals surface area (Å²) in [6.07, 6.45) is -0.493. The molecule has 12 nitrogen and oxygen atoms in total. The van der Waals surface area contributed by atoms with E-state index in [-0.39, 0.29) is 12.4 Å². The molecule has 0 spiro atoms. The van der Waals surface area contributed by atoms with Crippen LogP contribution in [-0.4, -0.2) is 60.6 Å². The Bertz CT molecular complexity index is 340. The first-order valence-corrected chi connectivity index (χ1v) is 4.37. The molecular formula is C6H19ClN6O6. The fourth-order valence-electron chi connectivity index (χ4n) is 0.991. The van der Waals surface area contributed by atoms with Crippen molar-refractivity contribution in [2.45, 2.75) is 28.7 Å². The summed E-state index contributed by atoms with van der Waals surface area (Å²) in [6.45, 7) is 0. The lowest BCUT2D eigenvalue weighted by Crippen LogP contribution is -2.93. The van der Waals surface area contributed by atoms with Crippen molar-refractivity contribution in [3.05, 3.63) is 0 Å². The summed E-state index contributed by atoms with van der Waals surface area (Å²) in [5.74, 6) is -3.26. The summed E-state index contributed by atoms with van der Waals surface area (Å²) in [6, 6.07) is 0. The quantitative estimate of drug-likeness (QED) is 0.167. The SMILES string of the molecule is Cl.NC(N)(O)[C@@](N)(O)[C@@](N)(O)[C@](N)(O)[C@@](N)(O)C=O. The average Bonchev–Trinajstić information content (AvgIpc) is 2.15. The number of rotatable bonds is 5. The van der Waals surface area contributed by atoms with Crippen LogP contribution in [0.2, 0.25) is 0 Å². The van der Waals surface area contributed by atoms with Crippen LogP contribution < -0.4 is 34.4 Å². The molecule has 19 heavy (non-hydrogen) atoms. The Morgan fingerprint density at radius 3 is 1.21 bits per heavy atom. The highest BCUT2D eigenvalue weighted by molar-refractivity contribution is 5.85. The van der Waals surface area contributed by atoms with Gasteiger partial charge in [0.1, 0.15) is 0 Å². The number of hydrogen-bond donors (Lipinski definition) is 11. The molecule has 0 heterocycles. The fraction of sp³-hybridized carbons (Fsp3) is 0.833. The molecule has 0 bridgehead atoms. The first kappa shape index (κ1) is 20.8. The van der Waals surface area contributed by atoms with E-state index < -0.39 is 35.0 Å². The third-order valence-electron chi connectivity index (χ3n) is 2.56. The Balaban J connectivity index is 0. The molecule has 0 fully saturated rings. The lowest BCUT2D eigenvalue weighted by molar-refractivity contribution is -0.322. The maximum atomic E-state index is 10.5. The van der Waals surface area contributed by atoms with Gasteiger partial charge in [0.2, 0.25) is 28.7 Å². The van der Waals surface area contributed by atoms with Crippen LogP contribution in [-0.2, 0) is 4.79 Å². The van der Waals surface area contributed by atoms with Gasteiger partial charge in [0.25, 0.3) is 0 Å². The lowest BCUT2D eigenvalue weighted by Gasteiger charge is -2.52. The van der Waals surface area contributed by atoms with E-state index in [1.54, 1.807) is 0 Å². The van der Waals surface area contributed by atoms with Gasteiger partial charge in [-0.1, -0.05) is 0 Å². The molecule has 0 rings (SSSR count). The maximum absolute atomic E-state index is 10.5. The number of aldehydes is 1. The largest absolute Gasteiger partial charge is 0.368 e. The minimum absolute atomic E-state index is 0. The first-order valence-electron chi connectivity index (χ1n) is 4.37. The molecule has 0 amide bonds. The predicted molar refractivity (Wildman–Crippen MR) is 63.2 cm³/mol. The molecule has 4 atom stereocenters. The molecule has 0 aliphatic rings. The smallest absolute Gasteiger partial charge is 0.218 e. The van der Waals surface area contributed by atoms with Crippen LogP contribution in [0.25, 0.3) is 0 Å². The van der Waals surface area contributed by atoms with Gasteiger partial charge in [-0.25, -0.2) is 0 Å². The number of halogens is 1. The number of carbonyl (C=O) groups is 1. The molecule has 0 aromatic heterocycles. The molecule has 13 heteroatoms. The summed E-state index contributed by atoms with van der Waals surface area (Å²) in [7, 11) is 0. The third-order valence-corrected chi connectivity index (χ3v) is 2.56. The molecule has 0 aromatic carbocycles. The van der Waals surface area contributed by atoms with E-state index in [0.29, 0.717) is 0 Å². The molecule has 0 aliphatic heterocycles. The Labute approximate surface area is 113 Å². The van der Waals surface area contributed by atoms with E-state index in [2.05, 4.69) is 0 Å². The van der Waals surface area contributed by atoms with Gasteiger partial charge in [0, 0.05) is 0 Å².